The highest BCUT2D eigenvalue weighted by Crippen LogP contribution is 2.10. The van der Waals surface area contributed by atoms with Crippen LogP contribution in [0.5, 0.6) is 0 Å². The summed E-state index contributed by atoms with van der Waals surface area (Å²) in [5.74, 6) is 3.24. The Hall–Kier alpha value is 0.440. The van der Waals surface area contributed by atoms with Crippen LogP contribution in [0.3, 0.4) is 0 Å². The van der Waals surface area contributed by atoms with Gasteiger partial charge in [0.15, 0.2) is 0 Å². The molecule has 0 bridgehead atoms. The molecule has 0 fully saturated rings. The molecule has 0 spiro atoms. The summed E-state index contributed by atoms with van der Waals surface area (Å²) in [6.07, 6.45) is 2.40. The molecule has 0 atom stereocenters. The van der Waals surface area contributed by atoms with E-state index in [4.69, 9.17) is 0 Å². The van der Waals surface area contributed by atoms with E-state index >= 15 is 0 Å². The van der Waals surface area contributed by atoms with Crippen molar-refractivity contribution < 1.29 is 0 Å². The van der Waals surface area contributed by atoms with Gasteiger partial charge in [0.05, 0.1) is 0 Å². The lowest BCUT2D eigenvalue weighted by Crippen LogP contribution is -1.87. The molecule has 0 aromatic carbocycles. The minimum Gasteiger partial charge on any atom is -0.179 e. The fourth-order valence-corrected chi connectivity index (χ4v) is 1.80. The summed E-state index contributed by atoms with van der Waals surface area (Å²) < 4.78 is 0. The van der Waals surface area contributed by atoms with Crippen LogP contribution < -0.4 is 0 Å². The zero-order valence-electron chi connectivity index (χ0n) is 6.60. The van der Waals surface area contributed by atoms with Gasteiger partial charge in [0.1, 0.15) is 0 Å². The van der Waals surface area contributed by atoms with Gasteiger partial charge in [0.25, 0.3) is 0 Å². The van der Waals surface area contributed by atoms with Crippen molar-refractivity contribution >= 4 is 24.4 Å². The molecule has 0 radical (unpaired) electrons. The summed E-state index contributed by atoms with van der Waals surface area (Å²) in [5, 5.41) is 0. The second-order valence-corrected chi connectivity index (χ2v) is 3.83. The number of thiol groups is 1. The molecule has 0 saturated carbocycles. The second-order valence-electron chi connectivity index (χ2n) is 2.28. The summed E-state index contributed by atoms with van der Waals surface area (Å²) in [4.78, 5) is 0. The molecular weight excluding hydrogens is 160 g/mol. The van der Waals surface area contributed by atoms with E-state index in [9.17, 15) is 0 Å². The van der Waals surface area contributed by atoms with E-state index in [1.165, 1.54) is 18.4 Å². The Bertz CT molecular complexity index is 89.3. The number of hydrogen-bond donors (Lipinski definition) is 1. The third-order valence-electron chi connectivity index (χ3n) is 1.15. The van der Waals surface area contributed by atoms with E-state index in [1.807, 2.05) is 11.8 Å². The maximum atomic E-state index is 4.12. The largest absolute Gasteiger partial charge is 0.179 e. The van der Waals surface area contributed by atoms with Crippen molar-refractivity contribution in [2.24, 2.45) is 0 Å². The van der Waals surface area contributed by atoms with Gasteiger partial charge in [-0.1, -0.05) is 25.5 Å². The van der Waals surface area contributed by atoms with Gasteiger partial charge in [-0.15, -0.1) is 0 Å². The molecule has 0 aliphatic carbocycles. The van der Waals surface area contributed by atoms with Gasteiger partial charge in [-0.3, -0.25) is 0 Å². The van der Waals surface area contributed by atoms with Crippen molar-refractivity contribution in [3.63, 3.8) is 0 Å². The predicted molar refractivity (Wildman–Crippen MR) is 55.2 cm³/mol. The maximum Gasteiger partial charge on any atom is 0.0140 e. The highest BCUT2D eigenvalue weighted by Gasteiger charge is 1.91. The van der Waals surface area contributed by atoms with Gasteiger partial charge in [-0.25, -0.2) is 0 Å². The minimum atomic E-state index is 0.976. The highest BCUT2D eigenvalue weighted by molar-refractivity contribution is 8.00. The van der Waals surface area contributed by atoms with Gasteiger partial charge in [-0.05, 0) is 12.2 Å². The topological polar surface area (TPSA) is 0 Å². The molecule has 0 N–H and O–H groups in total. The monoisotopic (exact) mass is 176 g/mol. The van der Waals surface area contributed by atoms with Crippen molar-refractivity contribution in [3.8, 4) is 0 Å². The first-order valence-electron chi connectivity index (χ1n) is 3.66. The normalized spacial score (nSPS) is 9.80. The van der Waals surface area contributed by atoms with Crippen LogP contribution in [0.15, 0.2) is 12.2 Å². The molecule has 0 aromatic heterocycles. The average molecular weight is 176 g/mol. The fraction of sp³-hybridized carbons (Fsp3) is 0.750. The van der Waals surface area contributed by atoms with Crippen molar-refractivity contribution in [1.29, 1.82) is 0 Å². The molecule has 0 amide bonds. The van der Waals surface area contributed by atoms with E-state index in [0.717, 1.165) is 17.3 Å². The van der Waals surface area contributed by atoms with Gasteiger partial charge >= 0.3 is 0 Å². The van der Waals surface area contributed by atoms with Crippen molar-refractivity contribution in [3.05, 3.63) is 12.2 Å². The van der Waals surface area contributed by atoms with Crippen LogP contribution in [0.25, 0.3) is 0 Å². The first kappa shape index (κ1) is 10.4. The first-order chi connectivity index (χ1) is 4.81. The van der Waals surface area contributed by atoms with E-state index < -0.39 is 0 Å². The molecule has 0 aromatic rings. The summed E-state index contributed by atoms with van der Waals surface area (Å²) in [7, 11) is 0. The average Bonchev–Trinajstić information content (AvgIpc) is 1.89. The summed E-state index contributed by atoms with van der Waals surface area (Å²) in [5.41, 5.74) is 1.37. The highest BCUT2D eigenvalue weighted by atomic mass is 32.2. The molecule has 0 aliphatic rings. The second kappa shape index (κ2) is 7.55. The van der Waals surface area contributed by atoms with E-state index in [-0.39, 0.29) is 0 Å². The zero-order valence-corrected chi connectivity index (χ0v) is 8.31. The Labute approximate surface area is 73.9 Å². The number of rotatable bonds is 6. The van der Waals surface area contributed by atoms with Crippen LogP contribution in [0.4, 0.5) is 0 Å². The maximum absolute atomic E-state index is 4.12. The Morgan fingerprint density at radius 2 is 2.30 bits per heavy atom. The van der Waals surface area contributed by atoms with E-state index in [1.54, 1.807) is 0 Å². The van der Waals surface area contributed by atoms with Gasteiger partial charge in [0.2, 0.25) is 0 Å². The van der Waals surface area contributed by atoms with Crippen LogP contribution in [-0.4, -0.2) is 17.3 Å². The Morgan fingerprint density at radius 3 is 2.80 bits per heavy atom. The third kappa shape index (κ3) is 6.56. The molecule has 0 saturated heterocycles. The lowest BCUT2D eigenvalue weighted by molar-refractivity contribution is 0.913. The SMILES string of the molecule is C=C(CCC)CSCCS. The third-order valence-corrected chi connectivity index (χ3v) is 2.78. The lowest BCUT2D eigenvalue weighted by atomic mass is 10.2. The zero-order chi connectivity index (χ0) is 7.82. The Kier molecular flexibility index (Phi) is 7.88. The molecule has 0 rings (SSSR count). The van der Waals surface area contributed by atoms with Crippen molar-refractivity contribution in [2.45, 2.75) is 19.8 Å². The van der Waals surface area contributed by atoms with Crippen LogP contribution in [0.2, 0.25) is 0 Å². The molecule has 0 aliphatic heterocycles. The fourth-order valence-electron chi connectivity index (χ4n) is 0.707. The van der Waals surface area contributed by atoms with Crippen molar-refractivity contribution in [2.75, 3.05) is 17.3 Å². The molecule has 60 valence electrons. The van der Waals surface area contributed by atoms with E-state index in [0.29, 0.717) is 0 Å². The molecule has 2 heteroatoms. The minimum absolute atomic E-state index is 0.976. The first-order valence-corrected chi connectivity index (χ1v) is 5.45. The van der Waals surface area contributed by atoms with E-state index in [2.05, 4.69) is 26.1 Å². The van der Waals surface area contributed by atoms with Crippen LogP contribution in [0.1, 0.15) is 19.8 Å². The molecular formula is C8H16S2. The van der Waals surface area contributed by atoms with Crippen LogP contribution >= 0.6 is 24.4 Å². The molecule has 10 heavy (non-hydrogen) atoms. The molecule has 0 unspecified atom stereocenters. The Morgan fingerprint density at radius 1 is 1.60 bits per heavy atom. The Balaban J connectivity index is 3.05. The number of thioether (sulfide) groups is 1. The van der Waals surface area contributed by atoms with Crippen LogP contribution in [0, 0.1) is 0 Å². The number of hydrogen-bond acceptors (Lipinski definition) is 2. The molecule has 0 nitrogen and oxygen atoms in total. The van der Waals surface area contributed by atoms with Crippen LogP contribution in [-0.2, 0) is 0 Å². The van der Waals surface area contributed by atoms with Crippen molar-refractivity contribution in [1.82, 2.24) is 0 Å². The molecule has 0 heterocycles. The quantitative estimate of drug-likeness (QED) is 0.369. The van der Waals surface area contributed by atoms with Gasteiger partial charge in [-0.2, -0.15) is 24.4 Å². The standard InChI is InChI=1S/C8H16S2/c1-3-4-8(2)7-10-6-5-9/h9H,2-7H2,1H3. The summed E-state index contributed by atoms with van der Waals surface area (Å²) in [6.45, 7) is 6.16. The van der Waals surface area contributed by atoms with Gasteiger partial charge < -0.3 is 0 Å². The smallest absolute Gasteiger partial charge is 0.0140 e. The van der Waals surface area contributed by atoms with Gasteiger partial charge in [0, 0.05) is 11.5 Å². The lowest BCUT2D eigenvalue weighted by Gasteiger charge is -2.01. The summed E-state index contributed by atoms with van der Waals surface area (Å²) >= 11 is 6.05. The summed E-state index contributed by atoms with van der Waals surface area (Å²) in [6, 6.07) is 0. The predicted octanol–water partition coefficient (Wildman–Crippen LogP) is 3.01.